The number of unbranched alkanes of at least 4 members (excludes halogenated alkanes) is 1. The summed E-state index contributed by atoms with van der Waals surface area (Å²) in [6.45, 7) is 7.11. The second-order valence-electron chi connectivity index (χ2n) is 5.72. The van der Waals surface area contributed by atoms with E-state index in [0.717, 1.165) is 19.3 Å². The topological polar surface area (TPSA) is 75.3 Å². The summed E-state index contributed by atoms with van der Waals surface area (Å²) in [6.07, 6.45) is 2.67. The number of nitrogens with one attached hydrogen (secondary N) is 2. The Balaban J connectivity index is 2.75. The number of carbonyl (C=O) groups is 1. The van der Waals surface area contributed by atoms with E-state index in [-0.39, 0.29) is 10.8 Å². The van der Waals surface area contributed by atoms with Gasteiger partial charge >= 0.3 is 0 Å². The third kappa shape index (κ3) is 6.15. The summed E-state index contributed by atoms with van der Waals surface area (Å²) >= 11 is 0. The zero-order valence-electron chi connectivity index (χ0n) is 13.6. The Morgan fingerprint density at radius 3 is 2.59 bits per heavy atom. The van der Waals surface area contributed by atoms with Gasteiger partial charge in [0, 0.05) is 18.7 Å². The minimum atomic E-state index is -3.57. The molecule has 124 valence electrons. The minimum absolute atomic E-state index is 0.124. The number of amides is 1. The largest absolute Gasteiger partial charge is 0.352 e. The molecule has 1 aromatic rings. The summed E-state index contributed by atoms with van der Waals surface area (Å²) in [4.78, 5) is 12.1. The first-order valence-corrected chi connectivity index (χ1v) is 9.23. The zero-order valence-corrected chi connectivity index (χ0v) is 14.4. The molecular formula is C16H26N2O3S. The van der Waals surface area contributed by atoms with Gasteiger partial charge < -0.3 is 5.32 Å². The Kier molecular flexibility index (Phi) is 7.55. The van der Waals surface area contributed by atoms with Crippen molar-refractivity contribution in [2.75, 3.05) is 13.1 Å². The van der Waals surface area contributed by atoms with Gasteiger partial charge in [-0.3, -0.25) is 4.79 Å². The van der Waals surface area contributed by atoms with Crippen LogP contribution in [0.3, 0.4) is 0 Å². The molecule has 0 aromatic heterocycles. The number of hydrogen-bond donors (Lipinski definition) is 2. The van der Waals surface area contributed by atoms with E-state index in [0.29, 0.717) is 24.6 Å². The van der Waals surface area contributed by atoms with Crippen molar-refractivity contribution in [3.63, 3.8) is 0 Å². The standard InChI is InChI=1S/C16H26N2O3S/c1-4-5-10-17-16(19)14-7-6-8-15(12-14)22(20,21)18-11-9-13(2)3/h6-8,12-13,18H,4-5,9-11H2,1-3H3,(H,17,19). The predicted octanol–water partition coefficient (Wildman–Crippen LogP) is 2.54. The average molecular weight is 326 g/mol. The molecule has 0 saturated carbocycles. The molecule has 0 aliphatic carbocycles. The Hall–Kier alpha value is -1.40. The first-order chi connectivity index (χ1) is 10.4. The van der Waals surface area contributed by atoms with Crippen LogP contribution in [0.15, 0.2) is 29.2 Å². The van der Waals surface area contributed by atoms with E-state index in [4.69, 9.17) is 0 Å². The summed E-state index contributed by atoms with van der Waals surface area (Å²) in [7, 11) is -3.57. The Morgan fingerprint density at radius 1 is 1.23 bits per heavy atom. The van der Waals surface area contributed by atoms with Gasteiger partial charge in [-0.05, 0) is 37.0 Å². The second kappa shape index (κ2) is 8.90. The number of sulfonamides is 1. The van der Waals surface area contributed by atoms with Crippen molar-refractivity contribution in [2.45, 2.75) is 44.9 Å². The SMILES string of the molecule is CCCCNC(=O)c1cccc(S(=O)(=O)NCCC(C)C)c1. The molecule has 5 nitrogen and oxygen atoms in total. The van der Waals surface area contributed by atoms with Crippen LogP contribution in [0, 0.1) is 5.92 Å². The van der Waals surface area contributed by atoms with Crippen molar-refractivity contribution in [1.29, 1.82) is 0 Å². The van der Waals surface area contributed by atoms with Crippen molar-refractivity contribution in [3.05, 3.63) is 29.8 Å². The third-order valence-corrected chi connectivity index (χ3v) is 4.69. The van der Waals surface area contributed by atoms with Gasteiger partial charge in [0.25, 0.3) is 5.91 Å². The predicted molar refractivity (Wildman–Crippen MR) is 88.3 cm³/mol. The van der Waals surface area contributed by atoms with E-state index in [9.17, 15) is 13.2 Å². The molecule has 0 heterocycles. The quantitative estimate of drug-likeness (QED) is 0.685. The number of hydrogen-bond acceptors (Lipinski definition) is 3. The van der Waals surface area contributed by atoms with Crippen molar-refractivity contribution < 1.29 is 13.2 Å². The summed E-state index contributed by atoms with van der Waals surface area (Å²) in [5.74, 6) is 0.186. The van der Waals surface area contributed by atoms with Crippen LogP contribution in [0.5, 0.6) is 0 Å². The van der Waals surface area contributed by atoms with E-state index in [2.05, 4.69) is 10.0 Å². The lowest BCUT2D eigenvalue weighted by Gasteiger charge is -2.10. The molecule has 0 unspecified atom stereocenters. The van der Waals surface area contributed by atoms with Crippen LogP contribution in [0.25, 0.3) is 0 Å². The van der Waals surface area contributed by atoms with Crippen LogP contribution in [0.4, 0.5) is 0 Å². The Morgan fingerprint density at radius 2 is 1.95 bits per heavy atom. The van der Waals surface area contributed by atoms with Crippen molar-refractivity contribution in [3.8, 4) is 0 Å². The number of carbonyl (C=O) groups excluding carboxylic acids is 1. The molecule has 2 N–H and O–H groups in total. The molecule has 0 aliphatic rings. The van der Waals surface area contributed by atoms with E-state index >= 15 is 0 Å². The fraction of sp³-hybridized carbons (Fsp3) is 0.562. The van der Waals surface area contributed by atoms with Crippen LogP contribution in [0.2, 0.25) is 0 Å². The van der Waals surface area contributed by atoms with Gasteiger partial charge in [0.1, 0.15) is 0 Å². The van der Waals surface area contributed by atoms with Crippen molar-refractivity contribution in [2.24, 2.45) is 5.92 Å². The molecule has 0 aliphatic heterocycles. The molecular weight excluding hydrogens is 300 g/mol. The Bertz CT molecular complexity index is 583. The maximum atomic E-state index is 12.2. The lowest BCUT2D eigenvalue weighted by molar-refractivity contribution is 0.0953. The molecule has 0 bridgehead atoms. The third-order valence-electron chi connectivity index (χ3n) is 3.24. The minimum Gasteiger partial charge on any atom is -0.352 e. The molecule has 0 saturated heterocycles. The maximum absolute atomic E-state index is 12.2. The molecule has 22 heavy (non-hydrogen) atoms. The van der Waals surface area contributed by atoms with Crippen LogP contribution < -0.4 is 10.0 Å². The van der Waals surface area contributed by atoms with E-state index in [1.165, 1.54) is 12.1 Å². The average Bonchev–Trinajstić information content (AvgIpc) is 2.47. The monoisotopic (exact) mass is 326 g/mol. The summed E-state index contributed by atoms with van der Waals surface area (Å²) in [5.41, 5.74) is 0.364. The smallest absolute Gasteiger partial charge is 0.251 e. The molecule has 1 aromatic carbocycles. The van der Waals surface area contributed by atoms with Gasteiger partial charge in [0.2, 0.25) is 10.0 Å². The fourth-order valence-corrected chi connectivity index (χ4v) is 2.94. The van der Waals surface area contributed by atoms with Crippen molar-refractivity contribution >= 4 is 15.9 Å². The zero-order chi connectivity index (χ0) is 16.6. The van der Waals surface area contributed by atoms with Crippen LogP contribution in [-0.2, 0) is 10.0 Å². The van der Waals surface area contributed by atoms with Gasteiger partial charge in [-0.1, -0.05) is 33.3 Å². The normalized spacial score (nSPS) is 11.6. The van der Waals surface area contributed by atoms with E-state index in [1.54, 1.807) is 12.1 Å². The summed E-state index contributed by atoms with van der Waals surface area (Å²) in [6, 6.07) is 6.12. The molecule has 1 rings (SSSR count). The highest BCUT2D eigenvalue weighted by molar-refractivity contribution is 7.89. The van der Waals surface area contributed by atoms with Gasteiger partial charge in [0.05, 0.1) is 4.90 Å². The van der Waals surface area contributed by atoms with E-state index in [1.807, 2.05) is 20.8 Å². The highest BCUT2D eigenvalue weighted by Crippen LogP contribution is 2.12. The lowest BCUT2D eigenvalue weighted by Crippen LogP contribution is -2.27. The Labute approximate surface area is 133 Å². The first kappa shape index (κ1) is 18.6. The first-order valence-electron chi connectivity index (χ1n) is 7.74. The molecule has 0 spiro atoms. The summed E-state index contributed by atoms with van der Waals surface area (Å²) in [5, 5.41) is 2.78. The highest BCUT2D eigenvalue weighted by atomic mass is 32.2. The van der Waals surface area contributed by atoms with E-state index < -0.39 is 10.0 Å². The molecule has 0 fully saturated rings. The lowest BCUT2D eigenvalue weighted by atomic mass is 10.1. The van der Waals surface area contributed by atoms with Gasteiger partial charge in [0.15, 0.2) is 0 Å². The van der Waals surface area contributed by atoms with Gasteiger partial charge in [-0.25, -0.2) is 13.1 Å². The number of rotatable bonds is 9. The second-order valence-corrected chi connectivity index (χ2v) is 7.48. The van der Waals surface area contributed by atoms with Crippen LogP contribution in [0.1, 0.15) is 50.4 Å². The molecule has 0 atom stereocenters. The molecule has 0 radical (unpaired) electrons. The van der Waals surface area contributed by atoms with Crippen LogP contribution >= 0.6 is 0 Å². The molecule has 6 heteroatoms. The van der Waals surface area contributed by atoms with Crippen LogP contribution in [-0.4, -0.2) is 27.4 Å². The highest BCUT2D eigenvalue weighted by Gasteiger charge is 2.15. The van der Waals surface area contributed by atoms with Gasteiger partial charge in [-0.2, -0.15) is 0 Å². The maximum Gasteiger partial charge on any atom is 0.251 e. The van der Waals surface area contributed by atoms with Gasteiger partial charge in [-0.15, -0.1) is 0 Å². The van der Waals surface area contributed by atoms with Crippen molar-refractivity contribution in [1.82, 2.24) is 10.0 Å². The molecule has 1 amide bonds. The summed E-state index contributed by atoms with van der Waals surface area (Å²) < 4.78 is 27.0. The fourth-order valence-electron chi connectivity index (χ4n) is 1.85. The number of benzene rings is 1.